The number of nitrogens with one attached hydrogen (secondary N) is 1. The summed E-state index contributed by atoms with van der Waals surface area (Å²) in [5.74, 6) is -0.248. The first-order chi connectivity index (χ1) is 13.1. The molecule has 2 amide bonds. The first-order valence-corrected chi connectivity index (χ1v) is 11.4. The van der Waals surface area contributed by atoms with Crippen LogP contribution >= 0.6 is 45.6 Å². The molecule has 0 bridgehead atoms. The van der Waals surface area contributed by atoms with Crippen molar-refractivity contribution in [2.75, 3.05) is 11.9 Å². The van der Waals surface area contributed by atoms with Gasteiger partial charge < -0.3 is 10.2 Å². The van der Waals surface area contributed by atoms with Gasteiger partial charge in [0.2, 0.25) is 5.91 Å². The van der Waals surface area contributed by atoms with Crippen LogP contribution < -0.4 is 5.32 Å². The SMILES string of the molecule is O=C(Nc1nc(-c2ccc(Cl)s2)cs1)[C@H]1CCCCN1C(=O)c1cccs1. The second kappa shape index (κ2) is 8.10. The molecule has 4 heterocycles. The molecule has 9 heteroatoms. The Bertz CT molecular complexity index is 951. The van der Waals surface area contributed by atoms with Gasteiger partial charge in [-0.25, -0.2) is 4.98 Å². The molecule has 0 aliphatic carbocycles. The molecule has 0 radical (unpaired) electrons. The molecule has 1 atom stereocenters. The number of hydrogen-bond donors (Lipinski definition) is 1. The van der Waals surface area contributed by atoms with Gasteiger partial charge in [-0.1, -0.05) is 17.7 Å². The summed E-state index contributed by atoms with van der Waals surface area (Å²) >= 11 is 10.2. The van der Waals surface area contributed by atoms with Crippen LogP contribution in [0.4, 0.5) is 5.13 Å². The highest BCUT2D eigenvalue weighted by atomic mass is 35.5. The molecule has 0 aromatic carbocycles. The quantitative estimate of drug-likeness (QED) is 0.608. The van der Waals surface area contributed by atoms with Crippen LogP contribution in [0.3, 0.4) is 0 Å². The molecule has 140 valence electrons. The number of nitrogens with zero attached hydrogens (tertiary/aromatic N) is 2. The third kappa shape index (κ3) is 4.08. The highest BCUT2D eigenvalue weighted by Gasteiger charge is 2.33. The van der Waals surface area contributed by atoms with E-state index < -0.39 is 6.04 Å². The Morgan fingerprint density at radius 3 is 2.85 bits per heavy atom. The zero-order valence-electron chi connectivity index (χ0n) is 14.2. The number of thiazole rings is 1. The summed E-state index contributed by atoms with van der Waals surface area (Å²) in [6.45, 7) is 0.603. The number of carbonyl (C=O) groups is 2. The van der Waals surface area contributed by atoms with Gasteiger partial charge in [-0.15, -0.1) is 34.0 Å². The van der Waals surface area contributed by atoms with Gasteiger partial charge in [0.15, 0.2) is 5.13 Å². The minimum Gasteiger partial charge on any atom is -0.326 e. The van der Waals surface area contributed by atoms with E-state index in [0.717, 1.165) is 23.4 Å². The number of piperidine rings is 1. The maximum absolute atomic E-state index is 12.8. The van der Waals surface area contributed by atoms with E-state index in [1.165, 1.54) is 34.0 Å². The Morgan fingerprint density at radius 2 is 2.11 bits per heavy atom. The van der Waals surface area contributed by atoms with Gasteiger partial charge in [0.1, 0.15) is 6.04 Å². The summed E-state index contributed by atoms with van der Waals surface area (Å²) < 4.78 is 0.702. The van der Waals surface area contributed by atoms with E-state index in [-0.39, 0.29) is 11.8 Å². The molecule has 0 unspecified atom stereocenters. The number of rotatable bonds is 4. The fourth-order valence-corrected chi connectivity index (χ4v) is 5.54. The summed E-state index contributed by atoms with van der Waals surface area (Å²) in [4.78, 5) is 33.4. The minimum atomic E-state index is -0.461. The van der Waals surface area contributed by atoms with Crippen molar-refractivity contribution in [3.63, 3.8) is 0 Å². The second-order valence-corrected chi connectivity index (χ2v) is 9.64. The topological polar surface area (TPSA) is 62.3 Å². The number of hydrogen-bond acceptors (Lipinski definition) is 6. The third-order valence-electron chi connectivity index (χ3n) is 4.36. The van der Waals surface area contributed by atoms with Crippen LogP contribution in [0.2, 0.25) is 4.34 Å². The number of anilines is 1. The summed E-state index contributed by atoms with van der Waals surface area (Å²) in [7, 11) is 0. The van der Waals surface area contributed by atoms with E-state index in [2.05, 4.69) is 10.3 Å². The van der Waals surface area contributed by atoms with Gasteiger partial charge >= 0.3 is 0 Å². The first kappa shape index (κ1) is 18.6. The largest absolute Gasteiger partial charge is 0.326 e. The van der Waals surface area contributed by atoms with Crippen LogP contribution in [-0.4, -0.2) is 34.3 Å². The number of aromatic nitrogens is 1. The Kier molecular flexibility index (Phi) is 5.58. The zero-order valence-corrected chi connectivity index (χ0v) is 17.4. The molecule has 4 rings (SSSR count). The van der Waals surface area contributed by atoms with E-state index in [9.17, 15) is 9.59 Å². The van der Waals surface area contributed by atoms with Crippen LogP contribution in [0.15, 0.2) is 35.0 Å². The van der Waals surface area contributed by atoms with E-state index in [0.29, 0.717) is 27.3 Å². The van der Waals surface area contributed by atoms with Crippen LogP contribution in [0.5, 0.6) is 0 Å². The van der Waals surface area contributed by atoms with Crippen molar-refractivity contribution in [1.82, 2.24) is 9.88 Å². The number of amides is 2. The summed E-state index contributed by atoms with van der Waals surface area (Å²) in [6.07, 6.45) is 2.52. The van der Waals surface area contributed by atoms with E-state index in [4.69, 9.17) is 11.6 Å². The van der Waals surface area contributed by atoms with Crippen LogP contribution in [0, 0.1) is 0 Å². The summed E-state index contributed by atoms with van der Waals surface area (Å²) in [5.41, 5.74) is 0.794. The van der Waals surface area contributed by atoms with E-state index >= 15 is 0 Å². The van der Waals surface area contributed by atoms with Gasteiger partial charge in [0, 0.05) is 11.9 Å². The lowest BCUT2D eigenvalue weighted by Crippen LogP contribution is -2.49. The third-order valence-corrected chi connectivity index (χ3v) is 7.23. The second-order valence-electron chi connectivity index (χ2n) is 6.12. The molecule has 0 spiro atoms. The molecule has 1 N–H and O–H groups in total. The molecular weight excluding hydrogens is 422 g/mol. The van der Waals surface area contributed by atoms with Crippen molar-refractivity contribution in [2.24, 2.45) is 0 Å². The van der Waals surface area contributed by atoms with Gasteiger partial charge in [0.05, 0.1) is 19.8 Å². The molecule has 5 nitrogen and oxygen atoms in total. The lowest BCUT2D eigenvalue weighted by Gasteiger charge is -2.34. The highest BCUT2D eigenvalue weighted by Crippen LogP contribution is 2.33. The number of halogens is 1. The minimum absolute atomic E-state index is 0.0714. The van der Waals surface area contributed by atoms with E-state index in [1.54, 1.807) is 11.0 Å². The van der Waals surface area contributed by atoms with Crippen molar-refractivity contribution >= 4 is 62.6 Å². The average molecular weight is 438 g/mol. The Hall–Kier alpha value is -1.74. The number of thiophene rings is 2. The zero-order chi connectivity index (χ0) is 18.8. The van der Waals surface area contributed by atoms with Crippen molar-refractivity contribution in [3.8, 4) is 10.6 Å². The molecule has 0 saturated carbocycles. The predicted molar refractivity (Wildman–Crippen MR) is 112 cm³/mol. The van der Waals surface area contributed by atoms with Crippen molar-refractivity contribution in [3.05, 3.63) is 44.2 Å². The lowest BCUT2D eigenvalue weighted by molar-refractivity contribution is -0.121. The van der Waals surface area contributed by atoms with E-state index in [1.807, 2.05) is 29.0 Å². The Morgan fingerprint density at radius 1 is 1.22 bits per heavy atom. The maximum Gasteiger partial charge on any atom is 0.264 e. The average Bonchev–Trinajstić information content (AvgIpc) is 3.42. The number of likely N-dealkylation sites (tertiary alicyclic amines) is 1. The van der Waals surface area contributed by atoms with Crippen LogP contribution in [-0.2, 0) is 4.79 Å². The normalized spacial score (nSPS) is 17.1. The fourth-order valence-electron chi connectivity index (χ4n) is 3.07. The summed E-state index contributed by atoms with van der Waals surface area (Å²) in [5, 5.41) is 7.20. The van der Waals surface area contributed by atoms with Crippen LogP contribution in [0.1, 0.15) is 28.9 Å². The molecule has 1 fully saturated rings. The molecule has 3 aromatic heterocycles. The fraction of sp³-hybridized carbons (Fsp3) is 0.278. The maximum atomic E-state index is 12.8. The standard InChI is InChI=1S/C18H16ClN3O2S3/c19-15-7-6-13(27-15)11-10-26-18(20-11)21-16(23)12-4-1-2-8-22(12)17(24)14-5-3-9-25-14/h3,5-7,9-10,12H,1-2,4,8H2,(H,20,21,23)/t12-/m1/s1. The lowest BCUT2D eigenvalue weighted by atomic mass is 10.0. The molecule has 1 aliphatic heterocycles. The van der Waals surface area contributed by atoms with Crippen molar-refractivity contribution < 1.29 is 9.59 Å². The highest BCUT2D eigenvalue weighted by molar-refractivity contribution is 7.20. The van der Waals surface area contributed by atoms with Gasteiger partial charge in [-0.05, 0) is 42.8 Å². The van der Waals surface area contributed by atoms with Crippen molar-refractivity contribution in [2.45, 2.75) is 25.3 Å². The molecule has 1 aliphatic rings. The predicted octanol–water partition coefficient (Wildman–Crippen LogP) is 5.22. The van der Waals surface area contributed by atoms with Gasteiger partial charge in [0.25, 0.3) is 5.91 Å². The molecule has 27 heavy (non-hydrogen) atoms. The smallest absolute Gasteiger partial charge is 0.264 e. The monoisotopic (exact) mass is 437 g/mol. The Labute approximate surface area is 173 Å². The molecule has 1 saturated heterocycles. The molecule has 3 aromatic rings. The van der Waals surface area contributed by atoms with Gasteiger partial charge in [-0.3, -0.25) is 9.59 Å². The van der Waals surface area contributed by atoms with Gasteiger partial charge in [-0.2, -0.15) is 0 Å². The summed E-state index contributed by atoms with van der Waals surface area (Å²) in [6, 6.07) is 6.93. The van der Waals surface area contributed by atoms with Crippen LogP contribution in [0.25, 0.3) is 10.6 Å². The Balaban J connectivity index is 1.48. The molecular formula is C18H16ClN3O2S3. The first-order valence-electron chi connectivity index (χ1n) is 8.48. The number of carbonyl (C=O) groups excluding carboxylic acids is 2. The van der Waals surface area contributed by atoms with Crippen molar-refractivity contribution in [1.29, 1.82) is 0 Å².